The van der Waals surface area contributed by atoms with Gasteiger partial charge >= 0.3 is 0 Å². The summed E-state index contributed by atoms with van der Waals surface area (Å²) in [5.41, 5.74) is 5.99. The lowest BCUT2D eigenvalue weighted by molar-refractivity contribution is -0.535. The highest BCUT2D eigenvalue weighted by Crippen LogP contribution is 2.20. The molecular formula is C8H7N3O2. The first-order chi connectivity index (χ1) is 6.20. The van der Waals surface area contributed by atoms with E-state index in [9.17, 15) is 10.1 Å². The molecule has 0 aliphatic carbocycles. The van der Waals surface area contributed by atoms with Crippen LogP contribution in [0.2, 0.25) is 0 Å². The van der Waals surface area contributed by atoms with Crippen molar-refractivity contribution in [2.75, 3.05) is 5.73 Å². The van der Waals surface area contributed by atoms with Gasteiger partial charge in [0.05, 0.1) is 0 Å². The number of anilines is 1. The number of nitrogens with two attached hydrogens (primary N) is 1. The van der Waals surface area contributed by atoms with Crippen LogP contribution in [0.4, 0.5) is 5.82 Å². The van der Waals surface area contributed by atoms with E-state index in [2.05, 4.69) is 0 Å². The van der Waals surface area contributed by atoms with Gasteiger partial charge in [0.15, 0.2) is 10.9 Å². The minimum absolute atomic E-state index is 0.145. The van der Waals surface area contributed by atoms with Gasteiger partial charge in [-0.3, -0.25) is 0 Å². The first-order valence-corrected chi connectivity index (χ1v) is 3.71. The molecule has 13 heavy (non-hydrogen) atoms. The predicted octanol–water partition coefficient (Wildman–Crippen LogP) is 1.26. The lowest BCUT2D eigenvalue weighted by Crippen LogP contribution is -2.10. The van der Waals surface area contributed by atoms with E-state index >= 15 is 0 Å². The third kappa shape index (κ3) is 1.01. The topological polar surface area (TPSA) is 74.1 Å². The molecule has 2 rings (SSSR count). The van der Waals surface area contributed by atoms with Gasteiger partial charge in [0.1, 0.15) is 5.52 Å². The lowest BCUT2D eigenvalue weighted by Gasteiger charge is -1.94. The molecule has 1 aromatic heterocycles. The maximum atomic E-state index is 10.6. The Morgan fingerprint density at radius 2 is 2.08 bits per heavy atom. The summed E-state index contributed by atoms with van der Waals surface area (Å²) in [7, 11) is 0. The zero-order valence-electron chi connectivity index (χ0n) is 6.68. The number of para-hydroxylation sites is 1. The summed E-state index contributed by atoms with van der Waals surface area (Å²) in [6.45, 7) is 0. The lowest BCUT2D eigenvalue weighted by atomic mass is 10.2. The van der Waals surface area contributed by atoms with Crippen molar-refractivity contribution in [3.05, 3.63) is 40.4 Å². The van der Waals surface area contributed by atoms with E-state index in [-0.39, 0.29) is 5.82 Å². The van der Waals surface area contributed by atoms with Gasteiger partial charge in [-0.2, -0.15) is 0 Å². The highest BCUT2D eigenvalue weighted by Gasteiger charge is 2.12. The molecule has 0 saturated carbocycles. The molecule has 5 heteroatoms. The Hall–Kier alpha value is -2.04. The van der Waals surface area contributed by atoms with Gasteiger partial charge in [0.25, 0.3) is 0 Å². The summed E-state index contributed by atoms with van der Waals surface area (Å²) in [5, 5.41) is 10.8. The van der Waals surface area contributed by atoms with E-state index in [0.29, 0.717) is 5.52 Å². The standard InChI is InChI=1S/C8H7N3O2/c9-8-5-6-3-1-2-4-7(6)10(8)11(12)13/h1-5H,9H2. The number of aromatic nitrogens is 1. The van der Waals surface area contributed by atoms with Gasteiger partial charge in [-0.1, -0.05) is 18.2 Å². The van der Waals surface area contributed by atoms with Crippen LogP contribution < -0.4 is 5.73 Å². The Bertz CT molecular complexity index is 475. The number of fused-ring (bicyclic) bond motifs is 1. The minimum atomic E-state index is -0.530. The summed E-state index contributed by atoms with van der Waals surface area (Å²) < 4.78 is 0.870. The molecule has 0 fully saturated rings. The monoisotopic (exact) mass is 177 g/mol. The average Bonchev–Trinajstić information content (AvgIpc) is 2.39. The molecule has 0 unspecified atom stereocenters. The molecule has 1 aromatic carbocycles. The number of hydrogen-bond acceptors (Lipinski definition) is 3. The van der Waals surface area contributed by atoms with Gasteiger partial charge in [-0.05, 0) is 16.8 Å². The van der Waals surface area contributed by atoms with Crippen LogP contribution in [0.1, 0.15) is 0 Å². The van der Waals surface area contributed by atoms with Crippen LogP contribution in [0, 0.1) is 10.1 Å². The first kappa shape index (κ1) is 7.60. The van der Waals surface area contributed by atoms with Gasteiger partial charge < -0.3 is 5.73 Å². The fourth-order valence-corrected chi connectivity index (χ4v) is 1.34. The molecule has 66 valence electrons. The fourth-order valence-electron chi connectivity index (χ4n) is 1.34. The molecule has 0 radical (unpaired) electrons. The SMILES string of the molecule is Nc1cc2ccccc2n1[N+](=O)[O-]. The smallest absolute Gasteiger partial charge is 0.172 e. The minimum Gasteiger partial charge on any atom is -0.380 e. The zero-order valence-corrected chi connectivity index (χ0v) is 6.68. The largest absolute Gasteiger partial charge is 0.380 e. The second-order valence-electron chi connectivity index (χ2n) is 2.68. The summed E-state index contributed by atoms with van der Waals surface area (Å²) in [5.74, 6) is 0.145. The number of nitrogen functional groups attached to an aromatic ring is 1. The molecular weight excluding hydrogens is 170 g/mol. The average molecular weight is 177 g/mol. The van der Waals surface area contributed by atoms with Crippen LogP contribution in [-0.4, -0.2) is 9.71 Å². The molecule has 0 bridgehead atoms. The van der Waals surface area contributed by atoms with Gasteiger partial charge in [-0.15, -0.1) is 0 Å². The van der Waals surface area contributed by atoms with Crippen LogP contribution in [0.25, 0.3) is 10.9 Å². The number of nitro groups is 1. The van der Waals surface area contributed by atoms with Crippen molar-refractivity contribution in [2.45, 2.75) is 0 Å². The Balaban J connectivity index is 2.86. The van der Waals surface area contributed by atoms with E-state index in [1.807, 2.05) is 6.07 Å². The van der Waals surface area contributed by atoms with Gasteiger partial charge in [-0.25, -0.2) is 10.1 Å². The summed E-state index contributed by atoms with van der Waals surface area (Å²) >= 11 is 0. The maximum Gasteiger partial charge on any atom is 0.172 e. The number of rotatable bonds is 1. The van der Waals surface area contributed by atoms with Crippen LogP contribution in [0.5, 0.6) is 0 Å². The van der Waals surface area contributed by atoms with Crippen molar-refractivity contribution in [2.24, 2.45) is 0 Å². The third-order valence-electron chi connectivity index (χ3n) is 1.88. The molecule has 2 aromatic rings. The molecule has 0 spiro atoms. The Morgan fingerprint density at radius 1 is 1.38 bits per heavy atom. The molecule has 0 aliphatic rings. The maximum absolute atomic E-state index is 10.6. The van der Waals surface area contributed by atoms with Gasteiger partial charge in [0, 0.05) is 5.39 Å². The predicted molar refractivity (Wildman–Crippen MR) is 48.7 cm³/mol. The van der Waals surface area contributed by atoms with Crippen molar-refractivity contribution >= 4 is 16.7 Å². The molecule has 0 atom stereocenters. The third-order valence-corrected chi connectivity index (χ3v) is 1.88. The van der Waals surface area contributed by atoms with E-state index in [0.717, 1.165) is 10.1 Å². The molecule has 0 saturated heterocycles. The highest BCUT2D eigenvalue weighted by atomic mass is 16.7. The number of benzene rings is 1. The molecule has 0 amide bonds. The van der Waals surface area contributed by atoms with Crippen LogP contribution >= 0.6 is 0 Å². The molecule has 1 heterocycles. The second-order valence-corrected chi connectivity index (χ2v) is 2.68. The highest BCUT2D eigenvalue weighted by molar-refractivity contribution is 5.83. The number of nitrogens with zero attached hydrogens (tertiary/aromatic N) is 2. The van der Waals surface area contributed by atoms with Crippen molar-refractivity contribution in [1.29, 1.82) is 0 Å². The van der Waals surface area contributed by atoms with Crippen LogP contribution in [0.3, 0.4) is 0 Å². The number of hydrogen-bond donors (Lipinski definition) is 1. The molecule has 5 nitrogen and oxygen atoms in total. The Kier molecular flexibility index (Phi) is 1.45. The van der Waals surface area contributed by atoms with E-state index in [1.165, 1.54) is 0 Å². The summed E-state index contributed by atoms with van der Waals surface area (Å²) in [4.78, 5) is 10.6. The second kappa shape index (κ2) is 2.48. The Labute approximate surface area is 73.5 Å². The van der Waals surface area contributed by atoms with Crippen LogP contribution in [-0.2, 0) is 0 Å². The van der Waals surface area contributed by atoms with Crippen LogP contribution in [0.15, 0.2) is 30.3 Å². The van der Waals surface area contributed by atoms with Crippen molar-refractivity contribution < 1.29 is 5.03 Å². The first-order valence-electron chi connectivity index (χ1n) is 3.71. The van der Waals surface area contributed by atoms with Gasteiger partial charge in [0.2, 0.25) is 0 Å². The quantitative estimate of drug-likeness (QED) is 0.526. The van der Waals surface area contributed by atoms with Crippen molar-refractivity contribution in [3.8, 4) is 0 Å². The normalized spacial score (nSPS) is 10.5. The van der Waals surface area contributed by atoms with E-state index in [1.54, 1.807) is 24.3 Å². The van der Waals surface area contributed by atoms with Crippen molar-refractivity contribution in [1.82, 2.24) is 4.68 Å². The van der Waals surface area contributed by atoms with E-state index < -0.39 is 5.03 Å². The van der Waals surface area contributed by atoms with E-state index in [4.69, 9.17) is 5.73 Å². The van der Waals surface area contributed by atoms with Crippen molar-refractivity contribution in [3.63, 3.8) is 0 Å². The summed E-state index contributed by atoms with van der Waals surface area (Å²) in [6, 6.07) is 8.58. The molecule has 2 N–H and O–H groups in total. The molecule has 0 aliphatic heterocycles. The fraction of sp³-hybridized carbons (Fsp3) is 0. The Morgan fingerprint density at radius 3 is 2.77 bits per heavy atom. The summed E-state index contributed by atoms with van der Waals surface area (Å²) in [6.07, 6.45) is 0. The zero-order chi connectivity index (χ0) is 9.42.